The van der Waals surface area contributed by atoms with Gasteiger partial charge in [-0.2, -0.15) is 0 Å². The summed E-state index contributed by atoms with van der Waals surface area (Å²) in [6.07, 6.45) is 7.60. The number of unbranched alkanes of at least 4 members (excludes halogenated alkanes) is 2. The van der Waals surface area contributed by atoms with Crippen LogP contribution in [0.3, 0.4) is 0 Å². The number of hydrogen-bond donors (Lipinski definition) is 2. The molecule has 0 aromatic heterocycles. The van der Waals surface area contributed by atoms with Crippen molar-refractivity contribution in [3.63, 3.8) is 0 Å². The van der Waals surface area contributed by atoms with Gasteiger partial charge in [0.05, 0.1) is 19.1 Å². The van der Waals surface area contributed by atoms with E-state index in [1.165, 1.54) is 13.8 Å². The molecule has 128 valence electrons. The van der Waals surface area contributed by atoms with Gasteiger partial charge in [0.1, 0.15) is 12.6 Å². The molecule has 23 heavy (non-hydrogen) atoms. The molecule has 2 N–H and O–H groups in total. The van der Waals surface area contributed by atoms with Crippen LogP contribution in [-0.4, -0.2) is 58.4 Å². The minimum Gasteiger partial charge on any atom is -0.544 e. The Morgan fingerprint density at radius 3 is 2.13 bits per heavy atom. The molecule has 0 saturated carbocycles. The fourth-order valence-electron chi connectivity index (χ4n) is 2.74. The number of carboxylic acid groups (broad SMARTS) is 2. The Bertz CT molecular complexity index is 367. The molecule has 0 aliphatic rings. The van der Waals surface area contributed by atoms with Gasteiger partial charge in [-0.25, -0.2) is 4.79 Å². The van der Waals surface area contributed by atoms with Gasteiger partial charge in [-0.05, 0) is 26.7 Å². The van der Waals surface area contributed by atoms with Crippen LogP contribution < -0.4 is 24.0 Å². The molecule has 0 aromatic carbocycles. The molecule has 0 rings (SSSR count). The predicted molar refractivity (Wildman–Crippen MR) is 81.9 cm³/mol. The first kappa shape index (κ1) is 24.4. The largest absolute Gasteiger partial charge is 1.00 e. The van der Waals surface area contributed by atoms with Gasteiger partial charge in [-0.1, -0.05) is 25.5 Å². The number of allylic oxidation sites excluding steroid dienone is 2. The smallest absolute Gasteiger partial charge is 0.544 e. The number of hydrogen-bond acceptors (Lipinski definition) is 4. The molecule has 0 aromatic rings. The van der Waals surface area contributed by atoms with Gasteiger partial charge in [-0.15, -0.1) is 0 Å². The monoisotopic (exact) mass is 322 g/mol. The second-order valence-corrected chi connectivity index (χ2v) is 5.69. The Morgan fingerprint density at radius 2 is 1.70 bits per heavy atom. The summed E-state index contributed by atoms with van der Waals surface area (Å²) in [4.78, 5) is 22.7. The van der Waals surface area contributed by atoms with Gasteiger partial charge in [0, 0.05) is 6.42 Å². The van der Waals surface area contributed by atoms with Crippen LogP contribution in [0.4, 0.5) is 0 Å². The topological polar surface area (TPSA) is 97.7 Å². The number of aliphatic hydroxyl groups is 1. The molecule has 0 amide bonds. The third-order valence-corrected chi connectivity index (χ3v) is 4.32. The molecule has 7 heteroatoms. The zero-order valence-corrected chi connectivity index (χ0v) is 14.8. The van der Waals surface area contributed by atoms with E-state index >= 15 is 0 Å². The van der Waals surface area contributed by atoms with Crippen molar-refractivity contribution >= 4 is 11.9 Å². The Morgan fingerprint density at radius 1 is 1.13 bits per heavy atom. The number of carbonyl (C=O) groups excluding carboxylic acids is 1. The van der Waals surface area contributed by atoms with Crippen LogP contribution in [0.2, 0.25) is 0 Å². The van der Waals surface area contributed by atoms with Crippen molar-refractivity contribution in [2.75, 3.05) is 19.7 Å². The second-order valence-electron chi connectivity index (χ2n) is 5.69. The van der Waals surface area contributed by atoms with Crippen LogP contribution in [0.25, 0.3) is 0 Å². The van der Waals surface area contributed by atoms with E-state index in [0.29, 0.717) is 13.0 Å². The Balaban J connectivity index is 0. The van der Waals surface area contributed by atoms with Crippen LogP contribution in [0, 0.1) is 0 Å². The van der Waals surface area contributed by atoms with E-state index in [9.17, 15) is 24.9 Å². The summed E-state index contributed by atoms with van der Waals surface area (Å²) in [5.74, 6) is -2.36. The van der Waals surface area contributed by atoms with Crippen molar-refractivity contribution in [2.45, 2.75) is 58.5 Å². The maximum absolute atomic E-state index is 11.4. The fraction of sp³-hybridized carbons (Fsp3) is 0.750. The fourth-order valence-corrected chi connectivity index (χ4v) is 2.74. The summed E-state index contributed by atoms with van der Waals surface area (Å²) < 4.78 is -0.199. The van der Waals surface area contributed by atoms with E-state index in [1.54, 1.807) is 0 Å². The van der Waals surface area contributed by atoms with Gasteiger partial charge in [0.15, 0.2) is 6.04 Å². The first-order valence-electron chi connectivity index (χ1n) is 7.89. The quantitative estimate of drug-likeness (QED) is 0.180. The molecule has 0 fully saturated rings. The van der Waals surface area contributed by atoms with E-state index in [-0.39, 0.29) is 36.5 Å². The number of nitrogens with zero attached hydrogens (tertiary/aromatic N) is 1. The van der Waals surface area contributed by atoms with E-state index in [1.807, 2.05) is 6.08 Å². The molecule has 0 radical (unpaired) electrons. The van der Waals surface area contributed by atoms with Crippen LogP contribution in [0.1, 0.15) is 46.5 Å². The molecule has 0 aliphatic heterocycles. The third kappa shape index (κ3) is 7.54. The number of carboxylic acids is 2. The number of rotatable bonds is 12. The van der Waals surface area contributed by atoms with Gasteiger partial charge in [0.25, 0.3) is 0 Å². The molecule has 0 heterocycles. The van der Waals surface area contributed by atoms with Crippen molar-refractivity contribution in [2.24, 2.45) is 0 Å². The van der Waals surface area contributed by atoms with Gasteiger partial charge >= 0.3 is 24.8 Å². The molecule has 3 unspecified atom stereocenters. The van der Waals surface area contributed by atoms with Gasteiger partial charge in [0.2, 0.25) is 0 Å². The molecule has 0 spiro atoms. The maximum atomic E-state index is 11.4. The number of aliphatic carboxylic acids is 2. The Kier molecular flexibility index (Phi) is 13.4. The van der Waals surface area contributed by atoms with E-state index in [2.05, 4.69) is 13.0 Å². The first-order valence-corrected chi connectivity index (χ1v) is 7.89. The predicted octanol–water partition coefficient (Wildman–Crippen LogP) is -2.45. The SMILES string of the molecule is CCC/C=C/CCC[N+](CCO)(C(C)C(=O)[O-])C(C)C(=O)O.[Li+]. The minimum atomic E-state index is -1.29. The summed E-state index contributed by atoms with van der Waals surface area (Å²) in [5, 5.41) is 29.9. The normalized spacial score (nSPS) is 16.3. The van der Waals surface area contributed by atoms with Crippen molar-refractivity contribution in [1.82, 2.24) is 0 Å². The molecular weight excluding hydrogens is 293 g/mol. The van der Waals surface area contributed by atoms with Crippen LogP contribution in [0.15, 0.2) is 12.2 Å². The van der Waals surface area contributed by atoms with Crippen LogP contribution >= 0.6 is 0 Å². The summed E-state index contributed by atoms with van der Waals surface area (Å²) in [7, 11) is 0. The van der Waals surface area contributed by atoms with Crippen molar-refractivity contribution < 1.29 is 48.3 Å². The number of quaternary nitrogens is 1. The number of aliphatic hydroxyl groups excluding tert-OH is 1. The van der Waals surface area contributed by atoms with Gasteiger partial charge in [-0.3, -0.25) is 0 Å². The summed E-state index contributed by atoms with van der Waals surface area (Å²) in [5.41, 5.74) is 0. The average molecular weight is 322 g/mol. The molecule has 3 atom stereocenters. The molecule has 6 nitrogen and oxygen atoms in total. The van der Waals surface area contributed by atoms with Gasteiger partial charge < -0.3 is 24.6 Å². The van der Waals surface area contributed by atoms with Crippen molar-refractivity contribution in [3.8, 4) is 0 Å². The number of carbonyl (C=O) groups is 2. The summed E-state index contributed by atoms with van der Waals surface area (Å²) in [6.45, 7) is 5.23. The van der Waals surface area contributed by atoms with E-state index in [0.717, 1.165) is 19.3 Å². The Labute approximate surface area is 150 Å². The summed E-state index contributed by atoms with van der Waals surface area (Å²) in [6, 6.07) is -1.91. The zero-order valence-electron chi connectivity index (χ0n) is 14.8. The third-order valence-electron chi connectivity index (χ3n) is 4.32. The van der Waals surface area contributed by atoms with Crippen molar-refractivity contribution in [3.05, 3.63) is 12.2 Å². The average Bonchev–Trinajstić information content (AvgIpc) is 2.47. The molecular formula is C16H29LiNO5+. The Hall–Kier alpha value is -0.803. The first-order chi connectivity index (χ1) is 10.3. The molecule has 0 aliphatic carbocycles. The maximum Gasteiger partial charge on any atom is 1.00 e. The van der Waals surface area contributed by atoms with E-state index in [4.69, 9.17) is 0 Å². The van der Waals surface area contributed by atoms with Crippen molar-refractivity contribution in [1.29, 1.82) is 0 Å². The van der Waals surface area contributed by atoms with Crippen LogP contribution in [0.5, 0.6) is 0 Å². The molecule has 0 bridgehead atoms. The second kappa shape index (κ2) is 12.6. The summed E-state index contributed by atoms with van der Waals surface area (Å²) >= 11 is 0. The molecule has 0 saturated heterocycles. The standard InChI is InChI=1S/C16H29NO5.Li/c1-4-5-6-7-8-9-10-17(11-12-18,13(2)15(19)20)14(3)16(21)22;/h6-7,13-14,18H,4-5,8-12H2,1-3H3,(H-,19,20,21,22);/q;+1/b7-6+;. The van der Waals surface area contributed by atoms with E-state index < -0.39 is 24.0 Å². The van der Waals surface area contributed by atoms with Crippen LogP contribution in [-0.2, 0) is 9.59 Å². The zero-order chi connectivity index (χ0) is 17.2. The minimum absolute atomic E-state index is 0.